The predicted octanol–water partition coefficient (Wildman–Crippen LogP) is -0.270. The van der Waals surface area contributed by atoms with Gasteiger partial charge >= 0.3 is 29.6 Å². The summed E-state index contributed by atoms with van der Waals surface area (Å²) in [5.41, 5.74) is 2.76. The molecule has 34 heavy (non-hydrogen) atoms. The molecule has 1 aliphatic rings. The van der Waals surface area contributed by atoms with E-state index in [9.17, 15) is 14.7 Å². The predicted molar refractivity (Wildman–Crippen MR) is 127 cm³/mol. The van der Waals surface area contributed by atoms with Gasteiger partial charge in [0, 0.05) is 18.5 Å². The van der Waals surface area contributed by atoms with Gasteiger partial charge in [-0.2, -0.15) is 0 Å². The summed E-state index contributed by atoms with van der Waals surface area (Å²) in [5, 5.41) is 13.1. The average Bonchev–Trinajstić information content (AvgIpc) is 2.83. The normalized spacial score (nSPS) is 16.1. The molecule has 2 aromatic carbocycles. The third-order valence-corrected chi connectivity index (χ3v) is 6.26. The van der Waals surface area contributed by atoms with Crippen LogP contribution in [0.1, 0.15) is 55.6 Å². The molecule has 1 amide bonds. The van der Waals surface area contributed by atoms with Crippen LogP contribution in [0, 0.1) is 0 Å². The minimum absolute atomic E-state index is 0. The van der Waals surface area contributed by atoms with E-state index in [2.05, 4.69) is 70.9 Å². The number of carbonyl (C=O) groups is 2. The van der Waals surface area contributed by atoms with Crippen molar-refractivity contribution >= 4 is 11.9 Å². The van der Waals surface area contributed by atoms with Crippen LogP contribution in [0.2, 0.25) is 0 Å². The van der Waals surface area contributed by atoms with Gasteiger partial charge < -0.3 is 20.0 Å². The van der Waals surface area contributed by atoms with Crippen molar-refractivity contribution in [2.75, 3.05) is 32.8 Å². The van der Waals surface area contributed by atoms with Crippen LogP contribution in [0.5, 0.6) is 0 Å². The first kappa shape index (κ1) is 28.5. The maximum absolute atomic E-state index is 11.6. The Kier molecular flexibility index (Phi) is 13.5. The molecule has 2 aromatic rings. The molecule has 3 rings (SSSR count). The fourth-order valence-corrected chi connectivity index (χ4v) is 4.75. The molecule has 7 heteroatoms. The third kappa shape index (κ3) is 9.51. The standard InChI is InChI=1S/C27H36N2O4.Na/c30-25(20-33-21-26(31)32)28-17-9-3-10-18-29-19-11-8-16-24(29)27(22-12-4-1-5-13-22)23-14-6-2-7-15-23;/h1-2,4-7,12-15,24,27H,3,8-11,16-21H2,(H,28,30)(H,31,32);/q;+1/p-1. The van der Waals surface area contributed by atoms with Crippen molar-refractivity contribution in [1.29, 1.82) is 0 Å². The first-order valence-corrected chi connectivity index (χ1v) is 12.0. The number of benzene rings is 2. The van der Waals surface area contributed by atoms with Crippen LogP contribution in [0.4, 0.5) is 0 Å². The molecule has 0 bridgehead atoms. The van der Waals surface area contributed by atoms with Gasteiger partial charge in [-0.25, -0.2) is 0 Å². The molecule has 0 aliphatic carbocycles. The van der Waals surface area contributed by atoms with E-state index in [1.807, 2.05) is 0 Å². The van der Waals surface area contributed by atoms with E-state index >= 15 is 0 Å². The number of ether oxygens (including phenoxy) is 1. The summed E-state index contributed by atoms with van der Waals surface area (Å²) in [6.07, 6.45) is 6.73. The van der Waals surface area contributed by atoms with E-state index in [0.717, 1.165) is 32.4 Å². The Morgan fingerprint density at radius 3 is 2.21 bits per heavy atom. The molecule has 1 aliphatic heterocycles. The number of hydrogen-bond acceptors (Lipinski definition) is 5. The fourth-order valence-electron chi connectivity index (χ4n) is 4.75. The number of nitrogens with zero attached hydrogens (tertiary/aromatic N) is 1. The van der Waals surface area contributed by atoms with E-state index in [1.165, 1.54) is 30.4 Å². The number of hydrogen-bond donors (Lipinski definition) is 1. The summed E-state index contributed by atoms with van der Waals surface area (Å²) in [5.74, 6) is -1.24. The Labute approximate surface area is 225 Å². The number of likely N-dealkylation sites (tertiary alicyclic amines) is 1. The number of aliphatic carboxylic acids is 1. The van der Waals surface area contributed by atoms with Gasteiger partial charge in [0.1, 0.15) is 6.61 Å². The number of carbonyl (C=O) groups excluding carboxylic acids is 2. The zero-order chi connectivity index (χ0) is 23.3. The van der Waals surface area contributed by atoms with E-state index in [1.54, 1.807) is 0 Å². The van der Waals surface area contributed by atoms with Gasteiger partial charge in [-0.1, -0.05) is 73.5 Å². The molecule has 0 saturated carbocycles. The molecule has 1 atom stereocenters. The van der Waals surface area contributed by atoms with Gasteiger partial charge in [0.15, 0.2) is 0 Å². The molecular weight excluding hydrogens is 439 g/mol. The van der Waals surface area contributed by atoms with Crippen molar-refractivity contribution in [3.63, 3.8) is 0 Å². The molecule has 0 spiro atoms. The number of rotatable bonds is 13. The van der Waals surface area contributed by atoms with Crippen LogP contribution in [-0.2, 0) is 14.3 Å². The second kappa shape index (κ2) is 16.1. The number of amides is 1. The number of unbranched alkanes of at least 4 members (excludes halogenated alkanes) is 2. The Balaban J connectivity index is 0.00000408. The fraction of sp³-hybridized carbons (Fsp3) is 0.481. The Morgan fingerprint density at radius 2 is 1.59 bits per heavy atom. The molecule has 1 unspecified atom stereocenters. The van der Waals surface area contributed by atoms with Crippen LogP contribution in [0.3, 0.4) is 0 Å². The van der Waals surface area contributed by atoms with E-state index in [0.29, 0.717) is 18.5 Å². The zero-order valence-electron chi connectivity index (χ0n) is 20.3. The van der Waals surface area contributed by atoms with Crippen molar-refractivity contribution in [2.24, 2.45) is 0 Å². The van der Waals surface area contributed by atoms with Gasteiger partial charge in [0.2, 0.25) is 5.91 Å². The first-order chi connectivity index (χ1) is 16.1. The molecule has 6 nitrogen and oxygen atoms in total. The van der Waals surface area contributed by atoms with Crippen LogP contribution >= 0.6 is 0 Å². The van der Waals surface area contributed by atoms with Gasteiger partial charge in [0.05, 0.1) is 12.6 Å². The van der Waals surface area contributed by atoms with E-state index < -0.39 is 12.6 Å². The Morgan fingerprint density at radius 1 is 0.941 bits per heavy atom. The van der Waals surface area contributed by atoms with Crippen LogP contribution in [0.25, 0.3) is 0 Å². The summed E-state index contributed by atoms with van der Waals surface area (Å²) < 4.78 is 4.74. The van der Waals surface area contributed by atoms with Gasteiger partial charge in [-0.05, 0) is 49.9 Å². The molecule has 0 radical (unpaired) electrons. The minimum Gasteiger partial charge on any atom is -0.548 e. The second-order valence-corrected chi connectivity index (χ2v) is 8.67. The van der Waals surface area contributed by atoms with Gasteiger partial charge in [-0.3, -0.25) is 9.69 Å². The second-order valence-electron chi connectivity index (χ2n) is 8.67. The quantitative estimate of drug-likeness (QED) is 0.319. The third-order valence-electron chi connectivity index (χ3n) is 6.26. The molecule has 1 fully saturated rings. The smallest absolute Gasteiger partial charge is 0.548 e. The number of carboxylic acid groups (broad SMARTS) is 1. The Bertz CT molecular complexity index is 811. The molecule has 1 N–H and O–H groups in total. The summed E-state index contributed by atoms with van der Waals surface area (Å²) in [7, 11) is 0. The summed E-state index contributed by atoms with van der Waals surface area (Å²) >= 11 is 0. The van der Waals surface area contributed by atoms with Gasteiger partial charge in [0.25, 0.3) is 0 Å². The Hall–Kier alpha value is -1.70. The van der Waals surface area contributed by atoms with Crippen molar-refractivity contribution in [2.45, 2.75) is 50.5 Å². The van der Waals surface area contributed by atoms with E-state index in [4.69, 9.17) is 4.74 Å². The molecule has 178 valence electrons. The average molecular weight is 475 g/mol. The van der Waals surface area contributed by atoms with Crippen molar-refractivity contribution < 1.29 is 49.0 Å². The first-order valence-electron chi connectivity index (χ1n) is 12.0. The van der Waals surface area contributed by atoms with Crippen LogP contribution in [-0.4, -0.2) is 55.7 Å². The molecule has 0 aromatic heterocycles. The number of nitrogens with one attached hydrogen (secondary N) is 1. The van der Waals surface area contributed by atoms with Crippen molar-refractivity contribution in [3.8, 4) is 0 Å². The molecular formula is C27H35N2NaO4. The summed E-state index contributed by atoms with van der Waals surface area (Å²) in [6.45, 7) is 1.96. The zero-order valence-corrected chi connectivity index (χ0v) is 22.3. The largest absolute Gasteiger partial charge is 1.00 e. The van der Waals surface area contributed by atoms with Crippen molar-refractivity contribution in [1.82, 2.24) is 10.2 Å². The van der Waals surface area contributed by atoms with Crippen LogP contribution < -0.4 is 40.0 Å². The van der Waals surface area contributed by atoms with Gasteiger partial charge in [-0.15, -0.1) is 0 Å². The maximum atomic E-state index is 11.6. The SMILES string of the molecule is O=C([O-])COCC(=O)NCCCCCN1CCCCC1C(c1ccccc1)c1ccccc1.[Na+]. The number of carboxylic acids is 1. The van der Waals surface area contributed by atoms with Crippen molar-refractivity contribution in [3.05, 3.63) is 71.8 Å². The summed E-state index contributed by atoms with van der Waals surface area (Å²) in [6, 6.07) is 22.2. The monoisotopic (exact) mass is 474 g/mol. The molecule has 1 saturated heterocycles. The molecule has 1 heterocycles. The summed E-state index contributed by atoms with van der Waals surface area (Å²) in [4.78, 5) is 24.6. The van der Waals surface area contributed by atoms with Crippen LogP contribution in [0.15, 0.2) is 60.7 Å². The topological polar surface area (TPSA) is 81.7 Å². The maximum Gasteiger partial charge on any atom is 1.00 e. The number of piperidine rings is 1. The minimum atomic E-state index is -1.32. The van der Waals surface area contributed by atoms with E-state index in [-0.39, 0.29) is 42.1 Å².